The number of nitrogens with zero attached hydrogens (tertiary/aromatic N) is 1. The molecule has 0 saturated carbocycles. The second-order valence-electron chi connectivity index (χ2n) is 4.76. The Morgan fingerprint density at radius 2 is 2.13 bits per heavy atom. The molecule has 0 aliphatic carbocycles. The van der Waals surface area contributed by atoms with E-state index >= 15 is 0 Å². The van der Waals surface area contributed by atoms with E-state index in [2.05, 4.69) is 21.2 Å². The van der Waals surface area contributed by atoms with E-state index in [4.69, 9.17) is 21.1 Å². The SMILES string of the molecule is Cc1cc(Br)cc(Cl)c1OCC(=O)OCC(=O)N1CCNC1=O. The molecule has 1 aromatic carbocycles. The minimum atomic E-state index is -0.726. The van der Waals surface area contributed by atoms with Crippen LogP contribution in [0.5, 0.6) is 5.75 Å². The number of nitrogens with one attached hydrogen (secondary N) is 1. The van der Waals surface area contributed by atoms with Crippen LogP contribution in [0.2, 0.25) is 5.02 Å². The van der Waals surface area contributed by atoms with Gasteiger partial charge in [0.1, 0.15) is 5.75 Å². The normalized spacial score (nSPS) is 13.7. The van der Waals surface area contributed by atoms with Crippen molar-refractivity contribution in [1.29, 1.82) is 0 Å². The fourth-order valence-electron chi connectivity index (χ4n) is 1.97. The highest BCUT2D eigenvalue weighted by molar-refractivity contribution is 9.10. The Bertz CT molecular complexity index is 629. The van der Waals surface area contributed by atoms with Crippen LogP contribution < -0.4 is 10.1 Å². The summed E-state index contributed by atoms with van der Waals surface area (Å²) in [5.74, 6) is -0.931. The summed E-state index contributed by atoms with van der Waals surface area (Å²) in [5.41, 5.74) is 0.752. The average molecular weight is 406 g/mol. The van der Waals surface area contributed by atoms with Crippen LogP contribution in [0, 0.1) is 6.92 Å². The van der Waals surface area contributed by atoms with Gasteiger partial charge >= 0.3 is 12.0 Å². The summed E-state index contributed by atoms with van der Waals surface area (Å²) in [6, 6.07) is 2.95. The van der Waals surface area contributed by atoms with Gasteiger partial charge in [-0.1, -0.05) is 27.5 Å². The topological polar surface area (TPSA) is 84.9 Å². The molecule has 0 spiro atoms. The van der Waals surface area contributed by atoms with Crippen molar-refractivity contribution in [3.05, 3.63) is 27.2 Å². The monoisotopic (exact) mass is 404 g/mol. The number of halogens is 2. The summed E-state index contributed by atoms with van der Waals surface area (Å²) in [5, 5.41) is 2.84. The van der Waals surface area contributed by atoms with Crippen LogP contribution in [0.15, 0.2) is 16.6 Å². The highest BCUT2D eigenvalue weighted by Crippen LogP contribution is 2.31. The van der Waals surface area contributed by atoms with Crippen molar-refractivity contribution in [2.75, 3.05) is 26.3 Å². The lowest BCUT2D eigenvalue weighted by molar-refractivity contribution is -0.152. The van der Waals surface area contributed by atoms with E-state index in [1.54, 1.807) is 19.1 Å². The van der Waals surface area contributed by atoms with Gasteiger partial charge in [-0.15, -0.1) is 0 Å². The summed E-state index contributed by atoms with van der Waals surface area (Å²) in [4.78, 5) is 35.6. The number of carbonyl (C=O) groups is 3. The van der Waals surface area contributed by atoms with Crippen molar-refractivity contribution >= 4 is 45.4 Å². The number of aryl methyl sites for hydroxylation is 1. The van der Waals surface area contributed by atoms with Gasteiger partial charge in [0.2, 0.25) is 0 Å². The van der Waals surface area contributed by atoms with Crippen molar-refractivity contribution in [2.45, 2.75) is 6.92 Å². The Hall–Kier alpha value is -1.80. The largest absolute Gasteiger partial charge is 0.480 e. The van der Waals surface area contributed by atoms with E-state index in [9.17, 15) is 14.4 Å². The number of esters is 1. The number of rotatable bonds is 5. The number of amides is 3. The Labute approximate surface area is 146 Å². The molecule has 23 heavy (non-hydrogen) atoms. The van der Waals surface area contributed by atoms with Crippen LogP contribution in [0.4, 0.5) is 4.79 Å². The quantitative estimate of drug-likeness (QED) is 0.756. The molecule has 9 heteroatoms. The zero-order valence-corrected chi connectivity index (χ0v) is 14.6. The maximum Gasteiger partial charge on any atom is 0.344 e. The van der Waals surface area contributed by atoms with Gasteiger partial charge in [0.05, 0.1) is 5.02 Å². The zero-order valence-electron chi connectivity index (χ0n) is 12.2. The third-order valence-corrected chi connectivity index (χ3v) is 3.78. The molecule has 1 aliphatic heterocycles. The van der Waals surface area contributed by atoms with E-state index in [-0.39, 0.29) is 13.2 Å². The first-order valence-electron chi connectivity index (χ1n) is 6.70. The summed E-state index contributed by atoms with van der Waals surface area (Å²) in [6.45, 7) is 1.54. The Kier molecular flexibility index (Phi) is 5.84. The molecule has 1 fully saturated rings. The van der Waals surface area contributed by atoms with Crippen LogP contribution in [0.3, 0.4) is 0 Å². The van der Waals surface area contributed by atoms with Crippen LogP contribution in [-0.2, 0) is 14.3 Å². The van der Waals surface area contributed by atoms with Crippen molar-refractivity contribution < 1.29 is 23.9 Å². The molecule has 0 radical (unpaired) electrons. The third kappa shape index (κ3) is 4.59. The van der Waals surface area contributed by atoms with E-state index in [0.29, 0.717) is 17.3 Å². The highest BCUT2D eigenvalue weighted by Gasteiger charge is 2.26. The molecule has 1 saturated heterocycles. The number of benzene rings is 1. The number of imide groups is 1. The van der Waals surface area contributed by atoms with Gasteiger partial charge in [-0.3, -0.25) is 9.69 Å². The highest BCUT2D eigenvalue weighted by atomic mass is 79.9. The van der Waals surface area contributed by atoms with Crippen molar-refractivity contribution in [3.8, 4) is 5.75 Å². The van der Waals surface area contributed by atoms with Crippen LogP contribution in [0.25, 0.3) is 0 Å². The van der Waals surface area contributed by atoms with Crippen molar-refractivity contribution in [3.63, 3.8) is 0 Å². The second kappa shape index (κ2) is 7.65. The predicted molar refractivity (Wildman–Crippen MR) is 85.5 cm³/mol. The van der Waals surface area contributed by atoms with Crippen molar-refractivity contribution in [1.82, 2.24) is 10.2 Å². The van der Waals surface area contributed by atoms with E-state index in [1.165, 1.54) is 0 Å². The van der Waals surface area contributed by atoms with Crippen LogP contribution in [-0.4, -0.2) is 49.1 Å². The van der Waals surface area contributed by atoms with Gasteiger partial charge in [-0.2, -0.15) is 0 Å². The summed E-state index contributed by atoms with van der Waals surface area (Å²) < 4.78 is 10.9. The molecule has 1 aromatic rings. The standard InChI is InChI=1S/C14H14BrClN2O5/c1-8-4-9(15)5-10(16)13(8)23-7-12(20)22-6-11(19)18-3-2-17-14(18)21/h4-5H,2-3,6-7H2,1H3,(H,17,21). The molecule has 7 nitrogen and oxygen atoms in total. The van der Waals surface area contributed by atoms with Gasteiger partial charge < -0.3 is 14.8 Å². The lowest BCUT2D eigenvalue weighted by Gasteiger charge is -2.13. The van der Waals surface area contributed by atoms with Gasteiger partial charge in [0.25, 0.3) is 5.91 Å². The molecule has 2 rings (SSSR count). The van der Waals surface area contributed by atoms with Crippen LogP contribution >= 0.6 is 27.5 Å². The first-order chi connectivity index (χ1) is 10.9. The first kappa shape index (κ1) is 17.6. The molecule has 3 amide bonds. The Balaban J connectivity index is 1.82. The van der Waals surface area contributed by atoms with Crippen molar-refractivity contribution in [2.24, 2.45) is 0 Å². The molecule has 1 aliphatic rings. The van der Waals surface area contributed by atoms with Gasteiger partial charge in [0, 0.05) is 17.6 Å². The van der Waals surface area contributed by atoms with E-state index < -0.39 is 24.5 Å². The molecular formula is C14H14BrClN2O5. The number of carbonyl (C=O) groups excluding carboxylic acids is 3. The van der Waals surface area contributed by atoms with Gasteiger partial charge in [-0.25, -0.2) is 9.59 Å². The summed E-state index contributed by atoms with van der Waals surface area (Å²) in [6.07, 6.45) is 0. The average Bonchev–Trinajstić information content (AvgIpc) is 2.89. The molecule has 0 unspecified atom stereocenters. The maximum atomic E-state index is 11.7. The third-order valence-electron chi connectivity index (χ3n) is 3.04. The predicted octanol–water partition coefficient (Wildman–Crippen LogP) is 1.88. The molecule has 0 atom stereocenters. The van der Waals surface area contributed by atoms with Crippen LogP contribution in [0.1, 0.15) is 5.56 Å². The Morgan fingerprint density at radius 3 is 2.74 bits per heavy atom. The summed E-state index contributed by atoms with van der Waals surface area (Å²) in [7, 11) is 0. The lowest BCUT2D eigenvalue weighted by atomic mass is 10.2. The van der Waals surface area contributed by atoms with Gasteiger partial charge in [-0.05, 0) is 24.6 Å². The molecule has 1 N–H and O–H groups in total. The zero-order chi connectivity index (χ0) is 17.0. The molecular weight excluding hydrogens is 392 g/mol. The first-order valence-corrected chi connectivity index (χ1v) is 7.88. The van der Waals surface area contributed by atoms with E-state index in [1.807, 2.05) is 0 Å². The molecule has 124 valence electrons. The smallest absolute Gasteiger partial charge is 0.344 e. The molecule has 0 bridgehead atoms. The minimum Gasteiger partial charge on any atom is -0.480 e. The molecule has 1 heterocycles. The fraction of sp³-hybridized carbons (Fsp3) is 0.357. The number of hydrogen-bond donors (Lipinski definition) is 1. The fourth-order valence-corrected chi connectivity index (χ4v) is 3.00. The lowest BCUT2D eigenvalue weighted by Crippen LogP contribution is -2.37. The number of hydrogen-bond acceptors (Lipinski definition) is 5. The van der Waals surface area contributed by atoms with Gasteiger partial charge in [0.15, 0.2) is 13.2 Å². The van der Waals surface area contributed by atoms with E-state index in [0.717, 1.165) is 14.9 Å². The number of urea groups is 1. The molecule has 0 aromatic heterocycles. The maximum absolute atomic E-state index is 11.7. The number of ether oxygens (including phenoxy) is 2. The minimum absolute atomic E-state index is 0.263. The second-order valence-corrected chi connectivity index (χ2v) is 6.08. The Morgan fingerprint density at radius 1 is 1.39 bits per heavy atom. The summed E-state index contributed by atoms with van der Waals surface area (Å²) >= 11 is 9.33.